The number of aromatic nitrogens is 2. The molecule has 1 saturated heterocycles. The largest absolute Gasteiger partial charge is 0.416 e. The predicted octanol–water partition coefficient (Wildman–Crippen LogP) is 1.59. The van der Waals surface area contributed by atoms with Crippen LogP contribution in [0, 0.1) is 5.92 Å². The molecule has 0 spiro atoms. The van der Waals surface area contributed by atoms with Gasteiger partial charge in [0.2, 0.25) is 11.7 Å². The van der Waals surface area contributed by atoms with E-state index in [1.807, 2.05) is 0 Å². The highest BCUT2D eigenvalue weighted by molar-refractivity contribution is 6.22. The van der Waals surface area contributed by atoms with E-state index in [9.17, 15) is 13.2 Å². The highest BCUT2D eigenvalue weighted by atomic mass is 35.5. The van der Waals surface area contributed by atoms with Crippen LogP contribution in [0.5, 0.6) is 0 Å². The Morgan fingerprint density at radius 3 is 2.84 bits per heavy atom. The molecule has 6 N–H and O–H groups in total. The number of hydrogen-bond donors (Lipinski definition) is 4. The first-order valence-electron chi connectivity index (χ1n) is 10.3. The molecule has 8 nitrogen and oxygen atoms in total. The van der Waals surface area contributed by atoms with Crippen molar-refractivity contribution in [2.45, 2.75) is 24.4 Å². The first kappa shape index (κ1) is 22.5. The van der Waals surface area contributed by atoms with Gasteiger partial charge < -0.3 is 31.5 Å². The van der Waals surface area contributed by atoms with Gasteiger partial charge in [0.25, 0.3) is 0 Å². The Labute approximate surface area is 188 Å². The average molecular weight is 472 g/mol. The first-order valence-corrected chi connectivity index (χ1v) is 10.8. The van der Waals surface area contributed by atoms with E-state index in [1.54, 1.807) is 11.0 Å². The molecule has 1 aromatic heterocycles. The van der Waals surface area contributed by atoms with E-state index in [1.165, 1.54) is 6.08 Å². The average Bonchev–Trinajstić information content (AvgIpc) is 3.15. The van der Waals surface area contributed by atoms with Crippen molar-refractivity contribution in [2.24, 2.45) is 17.4 Å². The van der Waals surface area contributed by atoms with Gasteiger partial charge in [-0.15, -0.1) is 11.6 Å². The molecule has 0 bridgehead atoms. The van der Waals surface area contributed by atoms with Crippen molar-refractivity contribution in [2.75, 3.05) is 32.7 Å². The van der Waals surface area contributed by atoms with Crippen molar-refractivity contribution < 1.29 is 17.7 Å². The smallest absolute Gasteiger partial charge is 0.396 e. The molecule has 2 aliphatic heterocycles. The zero-order valence-corrected chi connectivity index (χ0v) is 18.0. The number of rotatable bonds is 6. The van der Waals surface area contributed by atoms with Crippen LogP contribution in [0.15, 0.2) is 45.4 Å². The lowest BCUT2D eigenvalue weighted by atomic mass is 9.96. The second-order valence-corrected chi connectivity index (χ2v) is 8.61. The summed E-state index contributed by atoms with van der Waals surface area (Å²) in [6, 6.07) is 0. The number of hydrogen-bond acceptors (Lipinski definition) is 8. The van der Waals surface area contributed by atoms with Gasteiger partial charge in [-0.25, -0.2) is 0 Å². The van der Waals surface area contributed by atoms with Crippen LogP contribution < -0.4 is 22.1 Å². The SMILES string of the molecule is NC1=C(/C=C(\N)c2noc(CC3CNC3)n2)N(CC2=CC(Cl)CC=C2C(F)(F)F)CCN1. The fourth-order valence-electron chi connectivity index (χ4n) is 3.83. The van der Waals surface area contributed by atoms with Crippen molar-refractivity contribution in [3.8, 4) is 0 Å². The molecule has 1 unspecified atom stereocenters. The maximum absolute atomic E-state index is 13.5. The van der Waals surface area contributed by atoms with Gasteiger partial charge in [-0.2, -0.15) is 18.2 Å². The summed E-state index contributed by atoms with van der Waals surface area (Å²) in [5.74, 6) is 1.46. The summed E-state index contributed by atoms with van der Waals surface area (Å²) in [5.41, 5.74) is 12.4. The molecule has 4 rings (SSSR count). The minimum atomic E-state index is -4.46. The minimum absolute atomic E-state index is 0.0117. The number of nitrogens with zero attached hydrogens (tertiary/aromatic N) is 3. The molecule has 12 heteroatoms. The molecule has 1 aliphatic carbocycles. The van der Waals surface area contributed by atoms with Crippen LogP contribution in [-0.2, 0) is 6.42 Å². The van der Waals surface area contributed by atoms with Crippen molar-refractivity contribution >= 4 is 17.3 Å². The van der Waals surface area contributed by atoms with Crippen LogP contribution in [0.1, 0.15) is 18.1 Å². The Balaban J connectivity index is 1.54. The van der Waals surface area contributed by atoms with E-state index in [0.29, 0.717) is 42.8 Å². The summed E-state index contributed by atoms with van der Waals surface area (Å²) in [7, 11) is 0. The maximum Gasteiger partial charge on any atom is 0.416 e. The third kappa shape index (κ3) is 5.04. The van der Waals surface area contributed by atoms with E-state index in [-0.39, 0.29) is 30.1 Å². The second-order valence-electron chi connectivity index (χ2n) is 8.05. The fourth-order valence-corrected chi connectivity index (χ4v) is 4.07. The third-order valence-electron chi connectivity index (χ3n) is 5.60. The number of halogens is 4. The minimum Gasteiger partial charge on any atom is -0.396 e. The molecule has 0 saturated carbocycles. The quantitative estimate of drug-likeness (QED) is 0.462. The number of alkyl halides is 4. The monoisotopic (exact) mass is 471 g/mol. The van der Waals surface area contributed by atoms with Gasteiger partial charge in [-0.1, -0.05) is 17.3 Å². The Hall–Kier alpha value is -2.66. The topological polar surface area (TPSA) is 118 Å². The number of allylic oxidation sites excluding steroid dienone is 3. The lowest BCUT2D eigenvalue weighted by molar-refractivity contribution is -0.0901. The van der Waals surface area contributed by atoms with Gasteiger partial charge in [0.15, 0.2) is 0 Å². The second kappa shape index (κ2) is 9.07. The summed E-state index contributed by atoms with van der Waals surface area (Å²) in [5, 5.41) is 9.62. The maximum atomic E-state index is 13.5. The first-order chi connectivity index (χ1) is 15.2. The van der Waals surface area contributed by atoms with Crippen LogP contribution in [0.4, 0.5) is 13.2 Å². The Bertz CT molecular complexity index is 978. The highest BCUT2D eigenvalue weighted by Crippen LogP contribution is 2.36. The molecule has 1 aromatic rings. The normalized spacial score (nSPS) is 22.9. The Morgan fingerprint density at radius 1 is 1.38 bits per heavy atom. The standard InChI is InChI=1S/C20H25ClF3N7O/c21-13-1-2-14(20(22,23)24)12(6-13)10-31-4-3-28-18(26)16(31)7-15(25)19-29-17(32-30-19)5-11-8-27-9-11/h2,6-7,11,13,27-28H,1,3-5,8-10,25-26H2/b15-7-. The molecule has 0 amide bonds. The van der Waals surface area contributed by atoms with Gasteiger partial charge in [-0.3, -0.25) is 0 Å². The molecule has 174 valence electrons. The van der Waals surface area contributed by atoms with E-state index in [4.69, 9.17) is 27.6 Å². The summed E-state index contributed by atoms with van der Waals surface area (Å²) in [6.07, 6.45) is 0.485. The molecule has 3 aliphatic rings. The van der Waals surface area contributed by atoms with Crippen LogP contribution in [-0.4, -0.2) is 59.3 Å². The van der Waals surface area contributed by atoms with Crippen molar-refractivity contribution in [3.05, 3.63) is 52.6 Å². The molecule has 1 atom stereocenters. The summed E-state index contributed by atoms with van der Waals surface area (Å²) < 4.78 is 45.8. The van der Waals surface area contributed by atoms with Crippen molar-refractivity contribution in [1.29, 1.82) is 0 Å². The molecule has 3 heterocycles. The Morgan fingerprint density at radius 2 is 2.16 bits per heavy atom. The third-order valence-corrected chi connectivity index (χ3v) is 5.91. The number of nitrogens with two attached hydrogens (primary N) is 2. The van der Waals surface area contributed by atoms with Gasteiger partial charge >= 0.3 is 6.18 Å². The molecule has 0 radical (unpaired) electrons. The molecule has 1 fully saturated rings. The lowest BCUT2D eigenvalue weighted by Gasteiger charge is -2.34. The van der Waals surface area contributed by atoms with E-state index in [0.717, 1.165) is 19.2 Å². The predicted molar refractivity (Wildman–Crippen MR) is 114 cm³/mol. The van der Waals surface area contributed by atoms with Gasteiger partial charge in [0.1, 0.15) is 5.82 Å². The van der Waals surface area contributed by atoms with E-state index < -0.39 is 17.1 Å². The molecular formula is C20H25ClF3N7O. The van der Waals surface area contributed by atoms with Gasteiger partial charge in [0.05, 0.1) is 22.3 Å². The number of nitrogens with one attached hydrogen (secondary N) is 2. The Kier molecular flexibility index (Phi) is 6.38. The molecular weight excluding hydrogens is 447 g/mol. The van der Waals surface area contributed by atoms with Crippen LogP contribution in [0.2, 0.25) is 0 Å². The van der Waals surface area contributed by atoms with Crippen LogP contribution >= 0.6 is 11.6 Å². The van der Waals surface area contributed by atoms with Crippen molar-refractivity contribution in [3.63, 3.8) is 0 Å². The van der Waals surface area contributed by atoms with Crippen LogP contribution in [0.3, 0.4) is 0 Å². The fraction of sp³-hybridized carbons (Fsp3) is 0.500. The zero-order valence-electron chi connectivity index (χ0n) is 17.3. The molecule has 0 aromatic carbocycles. The molecule has 32 heavy (non-hydrogen) atoms. The van der Waals surface area contributed by atoms with Gasteiger partial charge in [-0.05, 0) is 37.1 Å². The van der Waals surface area contributed by atoms with Crippen LogP contribution in [0.25, 0.3) is 5.70 Å². The van der Waals surface area contributed by atoms with E-state index >= 15 is 0 Å². The lowest BCUT2D eigenvalue weighted by Crippen LogP contribution is -2.43. The van der Waals surface area contributed by atoms with Crippen molar-refractivity contribution in [1.82, 2.24) is 25.7 Å². The highest BCUT2D eigenvalue weighted by Gasteiger charge is 2.38. The zero-order chi connectivity index (χ0) is 22.9. The summed E-state index contributed by atoms with van der Waals surface area (Å²) >= 11 is 6.11. The van der Waals surface area contributed by atoms with Gasteiger partial charge in [0, 0.05) is 26.1 Å². The van der Waals surface area contributed by atoms with E-state index in [2.05, 4.69) is 20.8 Å². The summed E-state index contributed by atoms with van der Waals surface area (Å²) in [6.45, 7) is 2.71. The summed E-state index contributed by atoms with van der Waals surface area (Å²) in [4.78, 5) is 6.07.